The van der Waals surface area contributed by atoms with Crippen molar-refractivity contribution in [1.82, 2.24) is 0 Å². The largest absolute Gasteiger partial charge is 0.458 e. The first kappa shape index (κ1) is 37.0. The number of para-hydroxylation sites is 2. The van der Waals surface area contributed by atoms with Crippen molar-refractivity contribution in [3.05, 3.63) is 206 Å². The first-order valence-corrected chi connectivity index (χ1v) is 21.7. The van der Waals surface area contributed by atoms with Gasteiger partial charge < -0.3 is 18.8 Å². The third-order valence-electron chi connectivity index (χ3n) is 12.7. The Morgan fingerprint density at radius 3 is 1.44 bits per heavy atom. The van der Waals surface area contributed by atoms with Gasteiger partial charge in [0.05, 0.1) is 11.4 Å². The fraction of sp³-hybridized carbons (Fsp3) is 0.0690. The molecule has 5 heteroatoms. The molecule has 9 aromatic carbocycles. The van der Waals surface area contributed by atoms with Crippen molar-refractivity contribution in [1.29, 1.82) is 0 Å². The number of nitrogens with zero attached hydrogens (tertiary/aromatic N) is 1. The van der Waals surface area contributed by atoms with E-state index >= 15 is 0 Å². The minimum atomic E-state index is -0.114. The molecule has 2 aliphatic heterocycles. The van der Waals surface area contributed by atoms with Crippen molar-refractivity contribution in [3.63, 3.8) is 0 Å². The van der Waals surface area contributed by atoms with Gasteiger partial charge in [-0.1, -0.05) is 178 Å². The molecule has 0 spiro atoms. The van der Waals surface area contributed by atoms with Crippen LogP contribution < -0.4 is 30.8 Å². The summed E-state index contributed by atoms with van der Waals surface area (Å²) in [6.07, 6.45) is 0. The molecular weight excluding hydrogens is 769 g/mol. The molecule has 1 aromatic heterocycles. The summed E-state index contributed by atoms with van der Waals surface area (Å²) < 4.78 is 21.3. The minimum Gasteiger partial charge on any atom is -0.458 e. The Kier molecular flexibility index (Phi) is 8.48. The molecule has 0 N–H and O–H groups in total. The third-order valence-corrected chi connectivity index (χ3v) is 12.7. The van der Waals surface area contributed by atoms with Crippen LogP contribution in [0.15, 0.2) is 205 Å². The molecule has 0 saturated carbocycles. The van der Waals surface area contributed by atoms with Crippen LogP contribution in [0.1, 0.15) is 26.3 Å². The Morgan fingerprint density at radius 1 is 0.397 bits per heavy atom. The van der Waals surface area contributed by atoms with Gasteiger partial charge >= 0.3 is 0 Å². The summed E-state index contributed by atoms with van der Waals surface area (Å²) in [5.41, 5.74) is 15.6. The molecule has 0 bridgehead atoms. The van der Waals surface area contributed by atoms with Gasteiger partial charge in [-0.25, -0.2) is 0 Å². The van der Waals surface area contributed by atoms with E-state index < -0.39 is 0 Å². The monoisotopic (exact) mass is 811 g/mol. The molecule has 4 nitrogen and oxygen atoms in total. The third kappa shape index (κ3) is 6.22. The van der Waals surface area contributed by atoms with Gasteiger partial charge in [0.25, 0.3) is 6.71 Å². The van der Waals surface area contributed by atoms with Crippen molar-refractivity contribution < 1.29 is 13.9 Å². The molecule has 0 unspecified atom stereocenters. The Morgan fingerprint density at radius 2 is 0.889 bits per heavy atom. The zero-order valence-corrected chi connectivity index (χ0v) is 35.3. The van der Waals surface area contributed by atoms with Crippen LogP contribution in [-0.2, 0) is 5.41 Å². The average molecular weight is 812 g/mol. The van der Waals surface area contributed by atoms with Gasteiger partial charge in [-0.2, -0.15) is 0 Å². The minimum absolute atomic E-state index is 0.101. The quantitative estimate of drug-likeness (QED) is 0.157. The van der Waals surface area contributed by atoms with Gasteiger partial charge in [-0.3, -0.25) is 0 Å². The molecule has 0 aliphatic carbocycles. The summed E-state index contributed by atoms with van der Waals surface area (Å²) in [5, 5.41) is 2.17. The first-order chi connectivity index (χ1) is 30.9. The summed E-state index contributed by atoms with van der Waals surface area (Å²) in [6, 6.07) is 70.9. The van der Waals surface area contributed by atoms with Gasteiger partial charge in [-0.15, -0.1) is 0 Å². The van der Waals surface area contributed by atoms with Crippen LogP contribution >= 0.6 is 0 Å². The maximum absolute atomic E-state index is 7.11. The fourth-order valence-corrected chi connectivity index (χ4v) is 9.68. The summed E-state index contributed by atoms with van der Waals surface area (Å²) in [5.74, 6) is 3.20. The second-order valence-corrected chi connectivity index (χ2v) is 17.7. The van der Waals surface area contributed by atoms with E-state index in [2.05, 4.69) is 226 Å². The molecule has 63 heavy (non-hydrogen) atoms. The molecule has 300 valence electrons. The summed E-state index contributed by atoms with van der Waals surface area (Å²) >= 11 is 0. The van der Waals surface area contributed by atoms with Crippen LogP contribution in [0.4, 0.5) is 17.1 Å². The van der Waals surface area contributed by atoms with Gasteiger partial charge in [-0.05, 0) is 80.1 Å². The highest BCUT2D eigenvalue weighted by Crippen LogP contribution is 2.48. The molecular formula is C58H42BNO3. The summed E-state index contributed by atoms with van der Waals surface area (Å²) in [7, 11) is 0. The zero-order valence-electron chi connectivity index (χ0n) is 35.3. The number of hydrogen-bond acceptors (Lipinski definition) is 4. The van der Waals surface area contributed by atoms with E-state index in [9.17, 15) is 0 Å². The Hall–Kier alpha value is -7.76. The Labute approximate surface area is 367 Å². The van der Waals surface area contributed by atoms with Crippen molar-refractivity contribution >= 4 is 62.1 Å². The van der Waals surface area contributed by atoms with E-state index in [0.717, 1.165) is 112 Å². The maximum atomic E-state index is 7.11. The molecule has 0 fully saturated rings. The average Bonchev–Trinajstić information content (AvgIpc) is 3.71. The maximum Gasteiger partial charge on any atom is 0.260 e. The Bertz CT molecular complexity index is 3270. The van der Waals surface area contributed by atoms with Crippen molar-refractivity contribution in [2.45, 2.75) is 26.2 Å². The molecule has 0 saturated heterocycles. The van der Waals surface area contributed by atoms with E-state index in [1.165, 1.54) is 5.56 Å². The second-order valence-electron chi connectivity index (χ2n) is 17.7. The van der Waals surface area contributed by atoms with Crippen LogP contribution in [0.2, 0.25) is 0 Å². The van der Waals surface area contributed by atoms with Crippen LogP contribution in [0.25, 0.3) is 55.3 Å². The van der Waals surface area contributed by atoms with E-state index in [-0.39, 0.29) is 12.1 Å². The van der Waals surface area contributed by atoms with Crippen LogP contribution in [-0.4, -0.2) is 6.71 Å². The van der Waals surface area contributed by atoms with Crippen LogP contribution in [0, 0.1) is 0 Å². The van der Waals surface area contributed by atoms with Crippen LogP contribution in [0.5, 0.6) is 23.0 Å². The molecule has 0 radical (unpaired) electrons. The van der Waals surface area contributed by atoms with E-state index in [0.29, 0.717) is 0 Å². The SMILES string of the molecule is CC(C)(C)c1cccc2c1oc1c(N(c3cccc(-c4ccccc4)c3)c3cc4c5c(c3)Oc3cc(-c6ccccc6)ccc3B5c3ccc(-c5ccccc5)cc3O4)cccc12. The predicted octanol–water partition coefficient (Wildman–Crippen LogP) is 14.1. The highest BCUT2D eigenvalue weighted by molar-refractivity contribution is 6.98. The van der Waals surface area contributed by atoms with Crippen molar-refractivity contribution in [2.24, 2.45) is 0 Å². The van der Waals surface area contributed by atoms with Gasteiger partial charge in [0.1, 0.15) is 28.6 Å². The van der Waals surface area contributed by atoms with Crippen LogP contribution in [0.3, 0.4) is 0 Å². The number of anilines is 3. The second kappa shape index (κ2) is 14.4. The lowest BCUT2D eigenvalue weighted by molar-refractivity contribution is 0.465. The lowest BCUT2D eigenvalue weighted by Gasteiger charge is -2.35. The molecule has 3 heterocycles. The highest BCUT2D eigenvalue weighted by atomic mass is 16.5. The number of fused-ring (bicyclic) bond motifs is 7. The summed E-state index contributed by atoms with van der Waals surface area (Å²) in [4.78, 5) is 2.30. The zero-order chi connectivity index (χ0) is 42.2. The molecule has 10 aromatic rings. The first-order valence-electron chi connectivity index (χ1n) is 21.7. The van der Waals surface area contributed by atoms with E-state index in [1.807, 2.05) is 0 Å². The predicted molar refractivity (Wildman–Crippen MR) is 261 cm³/mol. The molecule has 0 amide bonds. The lowest BCUT2D eigenvalue weighted by Crippen LogP contribution is -2.57. The van der Waals surface area contributed by atoms with Crippen molar-refractivity contribution in [2.75, 3.05) is 4.90 Å². The van der Waals surface area contributed by atoms with Gasteiger partial charge in [0.15, 0.2) is 5.58 Å². The van der Waals surface area contributed by atoms with Crippen molar-refractivity contribution in [3.8, 4) is 56.4 Å². The standard InChI is InChI=1S/C58H42BNO3/c1-58(2,3)47-26-14-24-45-46-25-15-27-50(57(46)63-56(45)47)60(43-23-13-22-40(32-43)37-16-7-4-8-17-37)44-35-53-55-54(36-44)62-52-34-42(39-20-11-6-12-21-39)29-31-49(52)59(55)48-30-28-41(33-51(48)61-53)38-18-9-5-10-19-38/h4-36H,1-3H3. The Balaban J connectivity index is 1.10. The fourth-order valence-electron chi connectivity index (χ4n) is 9.68. The molecule has 0 atom stereocenters. The number of hydrogen-bond donors (Lipinski definition) is 0. The highest BCUT2D eigenvalue weighted by Gasteiger charge is 2.41. The number of rotatable bonds is 6. The normalized spacial score (nSPS) is 12.6. The van der Waals surface area contributed by atoms with E-state index in [4.69, 9.17) is 13.9 Å². The number of ether oxygens (including phenoxy) is 2. The summed E-state index contributed by atoms with van der Waals surface area (Å²) in [6.45, 7) is 6.62. The lowest BCUT2D eigenvalue weighted by atomic mass is 9.34. The number of furan rings is 1. The smallest absolute Gasteiger partial charge is 0.260 e. The molecule has 2 aliphatic rings. The topological polar surface area (TPSA) is 34.8 Å². The number of benzene rings is 9. The van der Waals surface area contributed by atoms with E-state index in [1.54, 1.807) is 0 Å². The van der Waals surface area contributed by atoms with Gasteiger partial charge in [0.2, 0.25) is 0 Å². The van der Waals surface area contributed by atoms with Gasteiger partial charge in [0, 0.05) is 39.6 Å². The molecule has 12 rings (SSSR count).